The third-order valence-corrected chi connectivity index (χ3v) is 11.9. The predicted octanol–water partition coefficient (Wildman–Crippen LogP) is 4.45. The molecule has 17 heteroatoms. The van der Waals surface area contributed by atoms with E-state index in [1.807, 2.05) is 31.2 Å². The highest BCUT2D eigenvalue weighted by Gasteiger charge is 2.40. The fourth-order valence-electron chi connectivity index (χ4n) is 7.21. The molecule has 1 unspecified atom stereocenters. The van der Waals surface area contributed by atoms with Gasteiger partial charge in [-0.15, -0.1) is 0 Å². The number of halogens is 1. The molecule has 4 aromatic rings. The molecule has 0 bridgehead atoms. The molecular weight excluding hydrogens is 766 g/mol. The van der Waals surface area contributed by atoms with E-state index in [1.54, 1.807) is 63.4 Å². The van der Waals surface area contributed by atoms with Crippen LogP contribution in [-0.2, 0) is 32.7 Å². The number of imide groups is 1. The quantitative estimate of drug-likeness (QED) is 0.140. The fourth-order valence-corrected chi connectivity index (χ4v) is 8.68. The molecule has 1 atom stereocenters. The summed E-state index contributed by atoms with van der Waals surface area (Å²) >= 11 is 0. The van der Waals surface area contributed by atoms with E-state index in [0.29, 0.717) is 47.5 Å². The van der Waals surface area contributed by atoms with Crippen molar-refractivity contribution in [3.63, 3.8) is 0 Å². The first-order chi connectivity index (χ1) is 27.6. The topological polar surface area (TPSA) is 178 Å². The lowest BCUT2D eigenvalue weighted by molar-refractivity contribution is -0.136. The van der Waals surface area contributed by atoms with Crippen LogP contribution < -0.4 is 25.4 Å². The number of piperazine rings is 1. The minimum absolute atomic E-state index is 0.0120. The van der Waals surface area contributed by atoms with Gasteiger partial charge in [0, 0.05) is 91.1 Å². The van der Waals surface area contributed by atoms with Crippen LogP contribution in [-0.4, -0.2) is 102 Å². The van der Waals surface area contributed by atoms with E-state index in [9.17, 15) is 22.8 Å². The van der Waals surface area contributed by atoms with E-state index in [4.69, 9.17) is 4.74 Å². The largest absolute Gasteiger partial charge is 0.492 e. The molecule has 306 valence electrons. The Morgan fingerprint density at radius 1 is 0.948 bits per heavy atom. The van der Waals surface area contributed by atoms with Crippen molar-refractivity contribution in [3.8, 4) is 5.75 Å². The number of hydrogen-bond acceptors (Lipinski definition) is 12. The molecule has 4 heterocycles. The maximum absolute atomic E-state index is 15.7. The summed E-state index contributed by atoms with van der Waals surface area (Å²) in [4.78, 5) is 52.0. The van der Waals surface area contributed by atoms with Crippen LogP contribution in [0.2, 0.25) is 0 Å². The van der Waals surface area contributed by atoms with Gasteiger partial charge < -0.3 is 20.3 Å². The molecule has 0 saturated carbocycles. The number of carbonyl (C=O) groups excluding carboxylic acids is 3. The van der Waals surface area contributed by atoms with Gasteiger partial charge >= 0.3 is 0 Å². The molecule has 3 aromatic carbocycles. The number of piperidine rings is 1. The van der Waals surface area contributed by atoms with Crippen molar-refractivity contribution in [2.45, 2.75) is 70.1 Å². The first kappa shape index (κ1) is 40.7. The first-order valence-corrected chi connectivity index (χ1v) is 20.7. The lowest BCUT2D eigenvalue weighted by Gasteiger charge is -2.34. The number of rotatable bonds is 13. The standard InChI is InChI=1S/C41H48FN9O6S/c1-26-23-43-40(47-37(26)44-29-6-5-7-31(22-29)58(55,56)48-41(2,3)4)45-28-9-11-30(12-10-28)57-21-20-49-16-18-50(19-17-49)24-27-8-13-32-33(36(27)42)25-51(39(32)54)34-14-15-35(52)46-38(34)53/h5-13,22-23,34,48H,14-21,24-25H2,1-4H3,(H,46,52,53)(H2,43,44,45,47). The Hall–Kier alpha value is -5.49. The third kappa shape index (κ3) is 9.61. The minimum Gasteiger partial charge on any atom is -0.492 e. The zero-order valence-corrected chi connectivity index (χ0v) is 33.8. The molecule has 15 nitrogen and oxygen atoms in total. The van der Waals surface area contributed by atoms with Crippen LogP contribution in [0.5, 0.6) is 5.75 Å². The van der Waals surface area contributed by atoms with Crippen LogP contribution in [0.4, 0.5) is 27.5 Å². The normalized spacial score (nSPS) is 17.9. The van der Waals surface area contributed by atoms with Crippen LogP contribution >= 0.6 is 0 Å². The van der Waals surface area contributed by atoms with Gasteiger partial charge in [-0.2, -0.15) is 4.98 Å². The summed E-state index contributed by atoms with van der Waals surface area (Å²) in [6, 6.07) is 16.6. The number of benzene rings is 3. The van der Waals surface area contributed by atoms with Crippen molar-refractivity contribution < 1.29 is 31.9 Å². The fraction of sp³-hybridized carbons (Fsp3) is 0.390. The van der Waals surface area contributed by atoms with Crippen LogP contribution in [0, 0.1) is 12.7 Å². The molecular formula is C41H48FN9O6S. The zero-order valence-electron chi connectivity index (χ0n) is 33.0. The van der Waals surface area contributed by atoms with Crippen molar-refractivity contribution in [1.29, 1.82) is 0 Å². The molecule has 58 heavy (non-hydrogen) atoms. The van der Waals surface area contributed by atoms with Crippen LogP contribution in [0.3, 0.4) is 0 Å². The van der Waals surface area contributed by atoms with Crippen molar-refractivity contribution in [3.05, 3.63) is 94.9 Å². The number of ether oxygens (including phenoxy) is 1. The molecule has 2 saturated heterocycles. The summed E-state index contributed by atoms with van der Waals surface area (Å²) in [6.45, 7) is 12.0. The van der Waals surface area contributed by atoms with Crippen molar-refractivity contribution in [2.75, 3.05) is 50.0 Å². The highest BCUT2D eigenvalue weighted by atomic mass is 32.2. The van der Waals surface area contributed by atoms with Gasteiger partial charge in [-0.1, -0.05) is 12.1 Å². The van der Waals surface area contributed by atoms with E-state index < -0.39 is 33.3 Å². The van der Waals surface area contributed by atoms with Gasteiger partial charge in [0.05, 0.1) is 11.4 Å². The molecule has 1 aromatic heterocycles. The van der Waals surface area contributed by atoms with Gasteiger partial charge in [0.1, 0.15) is 30.0 Å². The number of nitrogens with zero attached hydrogens (tertiary/aromatic N) is 5. The number of hydrogen-bond donors (Lipinski definition) is 4. The Balaban J connectivity index is 0.857. The second-order valence-corrected chi connectivity index (χ2v) is 17.5. The van der Waals surface area contributed by atoms with Gasteiger partial charge in [-0.25, -0.2) is 22.5 Å². The summed E-state index contributed by atoms with van der Waals surface area (Å²) < 4.78 is 50.1. The molecule has 7 rings (SSSR count). The summed E-state index contributed by atoms with van der Waals surface area (Å²) in [5.74, 6) is -0.0548. The van der Waals surface area contributed by atoms with Gasteiger partial charge in [0.2, 0.25) is 27.8 Å². The molecule has 4 N–H and O–H groups in total. The second-order valence-electron chi connectivity index (χ2n) is 15.8. The van der Waals surface area contributed by atoms with Crippen LogP contribution in [0.25, 0.3) is 0 Å². The van der Waals surface area contributed by atoms with E-state index in [-0.39, 0.29) is 41.7 Å². The highest BCUT2D eigenvalue weighted by Crippen LogP contribution is 2.31. The maximum atomic E-state index is 15.7. The number of aryl methyl sites for hydroxylation is 1. The number of aromatic nitrogens is 2. The predicted molar refractivity (Wildman–Crippen MR) is 216 cm³/mol. The number of anilines is 4. The van der Waals surface area contributed by atoms with Gasteiger partial charge in [-0.3, -0.25) is 29.5 Å². The SMILES string of the molecule is Cc1cnc(Nc2ccc(OCCN3CCN(Cc4ccc5c(c4F)CN(C4CCC(=O)NC4=O)C5=O)CC3)cc2)nc1Nc1cccc(S(=O)(=O)NC(C)(C)C)c1. The maximum Gasteiger partial charge on any atom is 0.255 e. The third-order valence-electron chi connectivity index (χ3n) is 10.2. The van der Waals surface area contributed by atoms with E-state index in [0.717, 1.165) is 44.0 Å². The minimum atomic E-state index is -3.71. The van der Waals surface area contributed by atoms with Crippen LogP contribution in [0.15, 0.2) is 71.8 Å². The molecule has 0 aliphatic carbocycles. The average Bonchev–Trinajstić information content (AvgIpc) is 3.51. The Labute approximate surface area is 337 Å². The Morgan fingerprint density at radius 2 is 1.69 bits per heavy atom. The first-order valence-electron chi connectivity index (χ1n) is 19.3. The number of sulfonamides is 1. The summed E-state index contributed by atoms with van der Waals surface area (Å²) in [7, 11) is -3.71. The lowest BCUT2D eigenvalue weighted by Crippen LogP contribution is -2.52. The Morgan fingerprint density at radius 3 is 2.41 bits per heavy atom. The zero-order chi connectivity index (χ0) is 41.2. The van der Waals surface area contributed by atoms with Crippen LogP contribution in [0.1, 0.15) is 60.7 Å². The van der Waals surface area contributed by atoms with E-state index in [1.165, 1.54) is 4.90 Å². The molecule has 2 fully saturated rings. The monoisotopic (exact) mass is 813 g/mol. The van der Waals surface area contributed by atoms with E-state index >= 15 is 4.39 Å². The molecule has 0 radical (unpaired) electrons. The smallest absolute Gasteiger partial charge is 0.255 e. The number of amides is 3. The van der Waals surface area contributed by atoms with Crippen molar-refractivity contribution >= 4 is 50.9 Å². The van der Waals surface area contributed by atoms with Gasteiger partial charge in [0.15, 0.2) is 0 Å². The Bertz CT molecular complexity index is 2310. The number of carbonyl (C=O) groups is 3. The van der Waals surface area contributed by atoms with Crippen molar-refractivity contribution in [2.24, 2.45) is 0 Å². The van der Waals surface area contributed by atoms with Gasteiger partial charge in [-0.05, 0) is 82.6 Å². The van der Waals surface area contributed by atoms with Crippen molar-refractivity contribution in [1.82, 2.24) is 34.7 Å². The average molecular weight is 814 g/mol. The van der Waals surface area contributed by atoms with E-state index in [2.05, 4.69) is 40.4 Å². The Kier molecular flexibility index (Phi) is 11.8. The summed E-state index contributed by atoms with van der Waals surface area (Å²) in [5, 5.41) is 8.70. The van der Waals surface area contributed by atoms with Gasteiger partial charge in [0.25, 0.3) is 5.91 Å². The second kappa shape index (κ2) is 16.8. The molecule has 3 amide bonds. The molecule has 0 spiro atoms. The molecule has 3 aliphatic rings. The number of fused-ring (bicyclic) bond motifs is 1. The summed E-state index contributed by atoms with van der Waals surface area (Å²) in [5.41, 5.74) is 2.59. The molecule has 3 aliphatic heterocycles. The summed E-state index contributed by atoms with van der Waals surface area (Å²) in [6.07, 6.45) is 2.07. The highest BCUT2D eigenvalue weighted by molar-refractivity contribution is 7.89. The number of nitrogens with one attached hydrogen (secondary N) is 4. The lowest BCUT2D eigenvalue weighted by atomic mass is 10.0.